The third-order valence-electron chi connectivity index (χ3n) is 5.27. The molecule has 0 radical (unpaired) electrons. The summed E-state index contributed by atoms with van der Waals surface area (Å²) in [5.74, 6) is 0.672. The second-order valence-electron chi connectivity index (χ2n) is 9.12. The number of H-pyrrole nitrogens is 1. The van der Waals surface area contributed by atoms with Crippen LogP contribution in [-0.2, 0) is 4.74 Å². The van der Waals surface area contributed by atoms with Crippen LogP contribution in [0.2, 0.25) is 0 Å². The summed E-state index contributed by atoms with van der Waals surface area (Å²) in [5, 5.41) is 0. The van der Waals surface area contributed by atoms with Crippen LogP contribution in [0.1, 0.15) is 27.2 Å². The summed E-state index contributed by atoms with van der Waals surface area (Å²) in [5.41, 5.74) is 5.29. The maximum absolute atomic E-state index is 12.2. The number of benzene rings is 1. The van der Waals surface area contributed by atoms with Crippen molar-refractivity contribution in [3.63, 3.8) is 0 Å². The molecular weight excluding hydrogens is 428 g/mol. The van der Waals surface area contributed by atoms with Crippen molar-refractivity contribution in [2.75, 3.05) is 20.2 Å². The van der Waals surface area contributed by atoms with Crippen LogP contribution in [0.15, 0.2) is 67.1 Å². The second kappa shape index (κ2) is 9.95. The van der Waals surface area contributed by atoms with Gasteiger partial charge in [0.15, 0.2) is 0 Å². The van der Waals surface area contributed by atoms with Gasteiger partial charge in [-0.25, -0.2) is 4.79 Å². The Morgan fingerprint density at radius 1 is 1.06 bits per heavy atom. The topological polar surface area (TPSA) is 80.3 Å². The number of fused-ring (bicyclic) bond motifs is 1. The molecule has 0 spiro atoms. The van der Waals surface area contributed by atoms with E-state index in [1.807, 2.05) is 57.2 Å². The summed E-state index contributed by atoms with van der Waals surface area (Å²) in [6.45, 7) is 6.53. The fourth-order valence-electron chi connectivity index (χ4n) is 3.73. The lowest BCUT2D eigenvalue weighted by atomic mass is 10.0. The van der Waals surface area contributed by atoms with Crippen LogP contribution < -0.4 is 4.74 Å². The highest BCUT2D eigenvalue weighted by molar-refractivity contribution is 6.02. The van der Waals surface area contributed by atoms with Crippen LogP contribution in [0.5, 0.6) is 5.75 Å². The van der Waals surface area contributed by atoms with E-state index in [0.717, 1.165) is 33.4 Å². The van der Waals surface area contributed by atoms with Gasteiger partial charge in [0.2, 0.25) is 0 Å². The van der Waals surface area contributed by atoms with E-state index in [1.165, 1.54) is 0 Å². The first-order valence-corrected chi connectivity index (χ1v) is 11.4. The average molecular weight is 459 g/mol. The zero-order valence-corrected chi connectivity index (χ0v) is 20.0. The Balaban J connectivity index is 1.54. The molecule has 176 valence electrons. The predicted molar refractivity (Wildman–Crippen MR) is 134 cm³/mol. The number of nitrogens with one attached hydrogen (secondary N) is 1. The van der Waals surface area contributed by atoms with Crippen molar-refractivity contribution >= 4 is 17.1 Å². The zero-order chi connectivity index (χ0) is 24.1. The number of hydrogen-bond donors (Lipinski definition) is 1. The summed E-state index contributed by atoms with van der Waals surface area (Å²) in [6.07, 6.45) is 5.60. The smallest absolute Gasteiger partial charge is 0.410 e. The maximum atomic E-state index is 12.2. The van der Waals surface area contributed by atoms with Crippen molar-refractivity contribution in [1.82, 2.24) is 19.9 Å². The molecule has 7 heteroatoms. The zero-order valence-electron chi connectivity index (χ0n) is 20.0. The van der Waals surface area contributed by atoms with E-state index in [4.69, 9.17) is 9.47 Å². The number of rotatable bonds is 7. The quantitative estimate of drug-likeness (QED) is 0.347. The molecule has 4 aromatic rings. The molecule has 3 heterocycles. The SMILES string of the molecule is CN(CCCOc1cnccc1-c1[nH]c2cccnc2c1-c1ccccc1)C(=O)OC(C)(C)C. The standard InChI is InChI=1S/C27H30N4O3/c1-27(2,3)34-26(32)31(4)16-9-17-33-22-18-28-15-13-20(22)24-23(19-10-6-5-7-11-19)25-21(30-24)12-8-14-29-25/h5-8,10-15,18,30H,9,16-17H2,1-4H3. The number of aromatic amines is 1. The molecule has 0 saturated heterocycles. The molecule has 0 atom stereocenters. The number of carbonyl (C=O) groups is 1. The molecular formula is C27H30N4O3. The number of ether oxygens (including phenoxy) is 2. The van der Waals surface area contributed by atoms with E-state index < -0.39 is 5.60 Å². The number of pyridine rings is 2. The van der Waals surface area contributed by atoms with E-state index in [1.54, 1.807) is 30.5 Å². The third-order valence-corrected chi connectivity index (χ3v) is 5.27. The third kappa shape index (κ3) is 5.36. The summed E-state index contributed by atoms with van der Waals surface area (Å²) in [7, 11) is 1.73. The molecule has 1 amide bonds. The van der Waals surface area contributed by atoms with E-state index in [-0.39, 0.29) is 6.09 Å². The molecule has 7 nitrogen and oxygen atoms in total. The Hall–Kier alpha value is -3.87. The fourth-order valence-corrected chi connectivity index (χ4v) is 3.73. The minimum absolute atomic E-state index is 0.340. The molecule has 1 aromatic carbocycles. The van der Waals surface area contributed by atoms with Crippen molar-refractivity contribution in [3.05, 3.63) is 67.1 Å². The summed E-state index contributed by atoms with van der Waals surface area (Å²) < 4.78 is 11.5. The number of nitrogens with zero attached hydrogens (tertiary/aromatic N) is 3. The Kier molecular flexibility index (Phi) is 6.82. The van der Waals surface area contributed by atoms with E-state index in [9.17, 15) is 4.79 Å². The van der Waals surface area contributed by atoms with Gasteiger partial charge >= 0.3 is 6.09 Å². The van der Waals surface area contributed by atoms with E-state index >= 15 is 0 Å². The van der Waals surface area contributed by atoms with Gasteiger partial charge in [0.25, 0.3) is 0 Å². The van der Waals surface area contributed by atoms with Gasteiger partial charge in [0.05, 0.1) is 29.5 Å². The predicted octanol–water partition coefficient (Wildman–Crippen LogP) is 5.93. The van der Waals surface area contributed by atoms with Gasteiger partial charge in [0, 0.05) is 37.1 Å². The van der Waals surface area contributed by atoms with E-state index in [0.29, 0.717) is 25.3 Å². The number of amides is 1. The van der Waals surface area contributed by atoms with Crippen molar-refractivity contribution in [3.8, 4) is 28.1 Å². The molecule has 0 aliphatic heterocycles. The second-order valence-corrected chi connectivity index (χ2v) is 9.12. The molecule has 3 aromatic heterocycles. The largest absolute Gasteiger partial charge is 0.491 e. The van der Waals surface area contributed by atoms with Gasteiger partial charge < -0.3 is 19.4 Å². The van der Waals surface area contributed by atoms with Gasteiger partial charge in [0.1, 0.15) is 11.4 Å². The highest BCUT2D eigenvalue weighted by atomic mass is 16.6. The minimum Gasteiger partial charge on any atom is -0.491 e. The first-order chi connectivity index (χ1) is 16.3. The number of hydrogen-bond acceptors (Lipinski definition) is 5. The Morgan fingerprint density at radius 2 is 1.85 bits per heavy atom. The summed E-state index contributed by atoms with van der Waals surface area (Å²) in [4.78, 5) is 26.2. The molecule has 0 bridgehead atoms. The summed E-state index contributed by atoms with van der Waals surface area (Å²) >= 11 is 0. The van der Waals surface area contributed by atoms with Crippen LogP contribution in [0.3, 0.4) is 0 Å². The lowest BCUT2D eigenvalue weighted by Gasteiger charge is -2.24. The van der Waals surface area contributed by atoms with Crippen molar-refractivity contribution in [2.24, 2.45) is 0 Å². The molecule has 0 saturated carbocycles. The van der Waals surface area contributed by atoms with Crippen molar-refractivity contribution in [2.45, 2.75) is 32.8 Å². The number of aromatic nitrogens is 3. The fraction of sp³-hybridized carbons (Fsp3) is 0.296. The molecule has 0 aliphatic rings. The Morgan fingerprint density at radius 3 is 2.62 bits per heavy atom. The summed E-state index contributed by atoms with van der Waals surface area (Å²) in [6, 6.07) is 16.1. The van der Waals surface area contributed by atoms with Gasteiger partial charge in [-0.3, -0.25) is 9.97 Å². The van der Waals surface area contributed by atoms with Gasteiger partial charge in [-0.2, -0.15) is 0 Å². The Labute approximate surface area is 199 Å². The number of carbonyl (C=O) groups excluding carboxylic acids is 1. The molecule has 4 rings (SSSR count). The van der Waals surface area contributed by atoms with Gasteiger partial charge in [-0.1, -0.05) is 30.3 Å². The highest BCUT2D eigenvalue weighted by Crippen LogP contribution is 2.40. The molecule has 0 aliphatic carbocycles. The highest BCUT2D eigenvalue weighted by Gasteiger charge is 2.20. The molecule has 0 fully saturated rings. The van der Waals surface area contributed by atoms with Crippen LogP contribution in [-0.4, -0.2) is 51.7 Å². The van der Waals surface area contributed by atoms with E-state index in [2.05, 4.69) is 27.1 Å². The molecule has 0 unspecified atom stereocenters. The maximum Gasteiger partial charge on any atom is 0.410 e. The first-order valence-electron chi connectivity index (χ1n) is 11.4. The average Bonchev–Trinajstić information content (AvgIpc) is 3.21. The van der Waals surface area contributed by atoms with Crippen LogP contribution >= 0.6 is 0 Å². The lowest BCUT2D eigenvalue weighted by molar-refractivity contribution is 0.0292. The molecule has 34 heavy (non-hydrogen) atoms. The van der Waals surface area contributed by atoms with Gasteiger partial charge in [-0.05, 0) is 51.0 Å². The van der Waals surface area contributed by atoms with Crippen LogP contribution in [0, 0.1) is 0 Å². The van der Waals surface area contributed by atoms with Gasteiger partial charge in [-0.15, -0.1) is 0 Å². The Bertz CT molecular complexity index is 1260. The monoisotopic (exact) mass is 458 g/mol. The van der Waals surface area contributed by atoms with Crippen molar-refractivity contribution < 1.29 is 14.3 Å². The lowest BCUT2D eigenvalue weighted by Crippen LogP contribution is -2.35. The van der Waals surface area contributed by atoms with Crippen LogP contribution in [0.4, 0.5) is 4.79 Å². The minimum atomic E-state index is -0.517. The van der Waals surface area contributed by atoms with Crippen LogP contribution in [0.25, 0.3) is 33.4 Å². The van der Waals surface area contributed by atoms with Crippen molar-refractivity contribution in [1.29, 1.82) is 0 Å². The first kappa shape index (κ1) is 23.3. The normalized spacial score (nSPS) is 11.4. The molecule has 1 N–H and O–H groups in total.